The maximum absolute atomic E-state index is 13.0. The number of nitrogens with one attached hydrogen (secondary N) is 3. The van der Waals surface area contributed by atoms with Crippen LogP contribution < -0.4 is 20.7 Å². The number of amides is 1. The van der Waals surface area contributed by atoms with Gasteiger partial charge in [0.25, 0.3) is 5.91 Å². The van der Waals surface area contributed by atoms with Gasteiger partial charge in [-0.25, -0.2) is 0 Å². The van der Waals surface area contributed by atoms with Crippen molar-refractivity contribution >= 4 is 17.5 Å². The quantitative estimate of drug-likeness (QED) is 0.510. The number of carbonyl (C=O) groups is 1. The summed E-state index contributed by atoms with van der Waals surface area (Å²) in [5, 5.41) is 20.4. The number of halogens is 1. The topological polar surface area (TPSA) is 86.2 Å². The number of benzene rings is 2. The summed E-state index contributed by atoms with van der Waals surface area (Å²) in [7, 11) is 0. The first-order valence-corrected chi connectivity index (χ1v) is 12.8. The van der Waals surface area contributed by atoms with Crippen molar-refractivity contribution in [3.05, 3.63) is 58.1 Å². The number of hydrogen-bond donors (Lipinski definition) is 3. The minimum atomic E-state index is -0.150. The highest BCUT2D eigenvalue weighted by Crippen LogP contribution is 2.37. The number of carbonyl (C=O) groups excluding carboxylic acids is 1. The zero-order chi connectivity index (χ0) is 25.2. The van der Waals surface area contributed by atoms with Crippen molar-refractivity contribution in [2.75, 3.05) is 13.1 Å². The Kier molecular flexibility index (Phi) is 7.42. The van der Waals surface area contributed by atoms with Crippen LogP contribution in [-0.2, 0) is 0 Å². The van der Waals surface area contributed by atoms with Crippen LogP contribution in [0.5, 0.6) is 11.5 Å². The number of nitriles is 1. The molecule has 2 saturated heterocycles. The standard InChI is InChI=1S/C28H35ClN4O2/c1-27(2)15-20(16-28(3,4)33-27)32-26(34)19-8-9-25(23(29)14-19)35-24-7-5-6-21(22(24)17-30)18-10-12-31-13-11-18/h5-9,14,18,20,31,33H,10-13,15-16H2,1-4H3,(H,32,34). The summed E-state index contributed by atoms with van der Waals surface area (Å²) in [6, 6.07) is 13.2. The molecular formula is C28H35ClN4O2. The summed E-state index contributed by atoms with van der Waals surface area (Å²) in [6.07, 6.45) is 3.69. The maximum atomic E-state index is 13.0. The van der Waals surface area contributed by atoms with Crippen molar-refractivity contribution in [1.29, 1.82) is 5.26 Å². The van der Waals surface area contributed by atoms with Crippen molar-refractivity contribution in [3.8, 4) is 17.6 Å². The van der Waals surface area contributed by atoms with E-state index in [0.717, 1.165) is 44.3 Å². The highest BCUT2D eigenvalue weighted by molar-refractivity contribution is 6.32. The average molecular weight is 495 g/mol. The van der Waals surface area contributed by atoms with Crippen LogP contribution in [0.4, 0.5) is 0 Å². The number of piperidine rings is 2. The van der Waals surface area contributed by atoms with Gasteiger partial charge in [-0.3, -0.25) is 4.79 Å². The second kappa shape index (κ2) is 10.2. The highest BCUT2D eigenvalue weighted by atomic mass is 35.5. The molecule has 0 radical (unpaired) electrons. The van der Waals surface area contributed by atoms with Gasteiger partial charge in [-0.15, -0.1) is 0 Å². The molecule has 35 heavy (non-hydrogen) atoms. The third-order valence-electron chi connectivity index (χ3n) is 6.89. The molecular weight excluding hydrogens is 460 g/mol. The molecule has 3 N–H and O–H groups in total. The van der Waals surface area contributed by atoms with E-state index in [1.54, 1.807) is 24.3 Å². The van der Waals surface area contributed by atoms with Crippen LogP contribution in [0.2, 0.25) is 5.02 Å². The van der Waals surface area contributed by atoms with Gasteiger partial charge in [-0.1, -0.05) is 23.7 Å². The van der Waals surface area contributed by atoms with Gasteiger partial charge in [0.05, 0.1) is 10.6 Å². The molecule has 2 aliphatic heterocycles. The fourth-order valence-corrected chi connectivity index (χ4v) is 5.98. The van der Waals surface area contributed by atoms with E-state index in [0.29, 0.717) is 33.6 Å². The Morgan fingerprint density at radius 2 is 1.77 bits per heavy atom. The summed E-state index contributed by atoms with van der Waals surface area (Å²) in [5.41, 5.74) is 1.94. The maximum Gasteiger partial charge on any atom is 0.251 e. The van der Waals surface area contributed by atoms with Crippen LogP contribution >= 0.6 is 11.6 Å². The van der Waals surface area contributed by atoms with E-state index in [1.807, 2.05) is 12.1 Å². The molecule has 2 heterocycles. The molecule has 0 atom stereocenters. The van der Waals surface area contributed by atoms with E-state index >= 15 is 0 Å². The Morgan fingerprint density at radius 3 is 2.40 bits per heavy atom. The van der Waals surface area contributed by atoms with Gasteiger partial charge >= 0.3 is 0 Å². The normalized spacial score (nSPS) is 20.1. The van der Waals surface area contributed by atoms with Crippen LogP contribution in [0.1, 0.15) is 80.8 Å². The first kappa shape index (κ1) is 25.5. The molecule has 4 rings (SSSR count). The van der Waals surface area contributed by atoms with Crippen molar-refractivity contribution in [2.45, 2.75) is 76.4 Å². The lowest BCUT2D eigenvalue weighted by molar-refractivity contribution is 0.0873. The molecule has 0 aliphatic carbocycles. The predicted octanol–water partition coefficient (Wildman–Crippen LogP) is 5.51. The molecule has 2 aromatic carbocycles. The van der Waals surface area contributed by atoms with Crippen LogP contribution in [0, 0.1) is 11.3 Å². The molecule has 0 saturated carbocycles. The van der Waals surface area contributed by atoms with Gasteiger partial charge in [-0.05, 0) is 102 Å². The molecule has 0 aromatic heterocycles. The Labute approximate surface area is 213 Å². The zero-order valence-electron chi connectivity index (χ0n) is 21.0. The molecule has 186 valence electrons. The number of nitrogens with zero attached hydrogens (tertiary/aromatic N) is 1. The van der Waals surface area contributed by atoms with Crippen molar-refractivity contribution in [3.63, 3.8) is 0 Å². The zero-order valence-corrected chi connectivity index (χ0v) is 21.8. The van der Waals surface area contributed by atoms with Gasteiger partial charge in [-0.2, -0.15) is 5.26 Å². The molecule has 7 heteroatoms. The average Bonchev–Trinajstić information content (AvgIpc) is 2.78. The van der Waals surface area contributed by atoms with E-state index in [1.165, 1.54) is 0 Å². The van der Waals surface area contributed by atoms with E-state index in [4.69, 9.17) is 16.3 Å². The third-order valence-corrected chi connectivity index (χ3v) is 7.18. The first-order chi connectivity index (χ1) is 16.6. The highest BCUT2D eigenvalue weighted by Gasteiger charge is 2.38. The van der Waals surface area contributed by atoms with E-state index in [2.05, 4.69) is 49.7 Å². The molecule has 0 unspecified atom stereocenters. The minimum absolute atomic E-state index is 0.0594. The molecule has 6 nitrogen and oxygen atoms in total. The third kappa shape index (κ3) is 6.16. The lowest BCUT2D eigenvalue weighted by atomic mass is 9.79. The summed E-state index contributed by atoms with van der Waals surface area (Å²) in [6.45, 7) is 10.5. The molecule has 0 spiro atoms. The van der Waals surface area contributed by atoms with Crippen molar-refractivity contribution in [2.24, 2.45) is 0 Å². The van der Waals surface area contributed by atoms with Gasteiger partial charge in [0.2, 0.25) is 0 Å². The van der Waals surface area contributed by atoms with E-state index < -0.39 is 0 Å². The van der Waals surface area contributed by atoms with E-state index in [-0.39, 0.29) is 23.0 Å². The lowest BCUT2D eigenvalue weighted by Gasteiger charge is -2.46. The Bertz CT molecular complexity index is 1120. The van der Waals surface area contributed by atoms with Crippen molar-refractivity contribution < 1.29 is 9.53 Å². The first-order valence-electron chi connectivity index (χ1n) is 12.4. The predicted molar refractivity (Wildman–Crippen MR) is 139 cm³/mol. The summed E-state index contributed by atoms with van der Waals surface area (Å²) < 4.78 is 6.09. The van der Waals surface area contributed by atoms with Gasteiger partial charge in [0.15, 0.2) is 0 Å². The minimum Gasteiger partial charge on any atom is -0.454 e. The monoisotopic (exact) mass is 494 g/mol. The summed E-state index contributed by atoms with van der Waals surface area (Å²) in [5.74, 6) is 1.09. The SMILES string of the molecule is CC1(C)CC(NC(=O)c2ccc(Oc3cccc(C4CCNCC4)c3C#N)c(Cl)c2)CC(C)(C)N1. The molecule has 1 amide bonds. The molecule has 2 aliphatic rings. The smallest absolute Gasteiger partial charge is 0.251 e. The molecule has 2 aromatic rings. The summed E-state index contributed by atoms with van der Waals surface area (Å²) in [4.78, 5) is 13.0. The van der Waals surface area contributed by atoms with Gasteiger partial charge in [0.1, 0.15) is 17.6 Å². The van der Waals surface area contributed by atoms with Gasteiger partial charge < -0.3 is 20.7 Å². The Hall–Kier alpha value is -2.59. The van der Waals surface area contributed by atoms with Crippen LogP contribution in [0.25, 0.3) is 0 Å². The van der Waals surface area contributed by atoms with Crippen LogP contribution in [0.3, 0.4) is 0 Å². The number of rotatable bonds is 5. The van der Waals surface area contributed by atoms with Crippen LogP contribution in [-0.4, -0.2) is 36.1 Å². The lowest BCUT2D eigenvalue weighted by Crippen LogP contribution is -2.62. The fourth-order valence-electron chi connectivity index (χ4n) is 5.76. The van der Waals surface area contributed by atoms with Crippen LogP contribution in [0.15, 0.2) is 36.4 Å². The van der Waals surface area contributed by atoms with Crippen molar-refractivity contribution in [1.82, 2.24) is 16.0 Å². The largest absolute Gasteiger partial charge is 0.454 e. The Morgan fingerprint density at radius 1 is 1.09 bits per heavy atom. The number of hydrogen-bond acceptors (Lipinski definition) is 5. The van der Waals surface area contributed by atoms with E-state index in [9.17, 15) is 10.1 Å². The summed E-state index contributed by atoms with van der Waals surface area (Å²) >= 11 is 6.53. The second-order valence-electron chi connectivity index (χ2n) is 11.1. The molecule has 2 fully saturated rings. The Balaban J connectivity index is 1.49. The van der Waals surface area contributed by atoms with Gasteiger partial charge in [0, 0.05) is 22.7 Å². The molecule has 0 bridgehead atoms. The second-order valence-corrected chi connectivity index (χ2v) is 11.5. The number of ether oxygens (including phenoxy) is 1. The fraction of sp³-hybridized carbons (Fsp3) is 0.500.